The average molecular weight is 372 g/mol. The van der Waals surface area contributed by atoms with E-state index in [1.54, 1.807) is 34.9 Å². The molecule has 0 bridgehead atoms. The number of esters is 1. The first kappa shape index (κ1) is 21.7. The van der Waals surface area contributed by atoms with Gasteiger partial charge in [0.2, 0.25) is 0 Å². The van der Waals surface area contributed by atoms with Crippen molar-refractivity contribution < 1.29 is 22.7 Å². The molecule has 1 aromatic heterocycles. The second-order valence-electron chi connectivity index (χ2n) is 6.99. The van der Waals surface area contributed by atoms with Gasteiger partial charge >= 0.3 is 12.1 Å². The number of hydrogen-bond acceptors (Lipinski definition) is 6. The minimum Gasteiger partial charge on any atom is -0.459 e. The predicted octanol–water partition coefficient (Wildman–Crippen LogP) is 2.68. The Kier molecular flexibility index (Phi) is 6.98. The summed E-state index contributed by atoms with van der Waals surface area (Å²) in [5.74, 6) is -0.797. The zero-order valence-electron chi connectivity index (χ0n) is 15.5. The van der Waals surface area contributed by atoms with Gasteiger partial charge in [-0.1, -0.05) is 0 Å². The third-order valence-corrected chi connectivity index (χ3v) is 3.14. The Hall–Kier alpha value is -2.34. The maximum atomic E-state index is 13.0. The molecule has 0 fully saturated rings. The summed E-state index contributed by atoms with van der Waals surface area (Å²) in [6.07, 6.45) is -4.65. The summed E-state index contributed by atoms with van der Waals surface area (Å²) < 4.78 is 44.2. The number of anilines is 1. The Morgan fingerprint density at radius 2 is 1.85 bits per heavy atom. The van der Waals surface area contributed by atoms with E-state index in [1.165, 1.54) is 4.90 Å². The fourth-order valence-corrected chi connectivity index (χ4v) is 2.04. The lowest BCUT2D eigenvalue weighted by Gasteiger charge is -2.27. The van der Waals surface area contributed by atoms with Crippen molar-refractivity contribution in [2.75, 3.05) is 38.6 Å². The van der Waals surface area contributed by atoms with Crippen LogP contribution in [0, 0.1) is 11.3 Å². The molecule has 1 rings (SSSR count). The van der Waals surface area contributed by atoms with Crippen LogP contribution in [0.3, 0.4) is 0 Å². The van der Waals surface area contributed by atoms with E-state index < -0.39 is 23.4 Å². The number of likely N-dealkylation sites (N-methyl/N-ethyl adjacent to an activating group) is 1. The van der Waals surface area contributed by atoms with Crippen LogP contribution in [0.5, 0.6) is 0 Å². The molecule has 0 saturated heterocycles. The third kappa shape index (κ3) is 6.88. The Bertz CT molecular complexity index is 676. The van der Waals surface area contributed by atoms with E-state index >= 15 is 0 Å². The fraction of sp³-hybridized carbons (Fsp3) is 0.588. The fourth-order valence-electron chi connectivity index (χ4n) is 2.04. The molecule has 0 unspecified atom stereocenters. The van der Waals surface area contributed by atoms with Crippen molar-refractivity contribution in [3.63, 3.8) is 0 Å². The Morgan fingerprint density at radius 1 is 1.23 bits per heavy atom. The summed E-state index contributed by atoms with van der Waals surface area (Å²) in [4.78, 5) is 18.9. The summed E-state index contributed by atoms with van der Waals surface area (Å²) in [6.45, 7) is 5.42. The summed E-state index contributed by atoms with van der Waals surface area (Å²) in [7, 11) is 3.58. The molecule has 0 aliphatic heterocycles. The van der Waals surface area contributed by atoms with Gasteiger partial charge in [0.25, 0.3) is 0 Å². The average Bonchev–Trinajstić information content (AvgIpc) is 2.47. The van der Waals surface area contributed by atoms with Crippen LogP contribution < -0.4 is 4.90 Å². The number of ether oxygens (including phenoxy) is 1. The molecule has 0 spiro atoms. The number of halogens is 3. The maximum absolute atomic E-state index is 13.0. The van der Waals surface area contributed by atoms with Crippen molar-refractivity contribution in [3.8, 4) is 6.07 Å². The number of rotatable bonds is 6. The molecular weight excluding hydrogens is 349 g/mol. The van der Waals surface area contributed by atoms with E-state index in [0.29, 0.717) is 6.54 Å². The Morgan fingerprint density at radius 3 is 2.31 bits per heavy atom. The van der Waals surface area contributed by atoms with E-state index in [4.69, 9.17) is 4.74 Å². The summed E-state index contributed by atoms with van der Waals surface area (Å²) >= 11 is 0. The smallest absolute Gasteiger partial charge is 0.433 e. The second kappa shape index (κ2) is 8.36. The summed E-state index contributed by atoms with van der Waals surface area (Å²) in [5, 5.41) is 9.23. The first-order valence-corrected chi connectivity index (χ1v) is 7.93. The van der Waals surface area contributed by atoms with E-state index in [-0.39, 0.29) is 24.5 Å². The molecule has 9 heteroatoms. The van der Waals surface area contributed by atoms with Crippen molar-refractivity contribution in [3.05, 3.63) is 23.4 Å². The van der Waals surface area contributed by atoms with Crippen LogP contribution in [0.2, 0.25) is 0 Å². The minimum absolute atomic E-state index is 0.0414. The normalized spacial score (nSPS) is 12.0. The molecule has 0 aliphatic rings. The van der Waals surface area contributed by atoms with Gasteiger partial charge in [-0.25, -0.2) is 4.98 Å². The quantitative estimate of drug-likeness (QED) is 0.715. The molecule has 6 nitrogen and oxygen atoms in total. The highest BCUT2D eigenvalue weighted by Gasteiger charge is 2.34. The molecule has 0 aromatic carbocycles. The van der Waals surface area contributed by atoms with Crippen LogP contribution in [-0.4, -0.2) is 55.2 Å². The number of pyridine rings is 1. The number of hydrogen-bond donors (Lipinski definition) is 0. The highest BCUT2D eigenvalue weighted by atomic mass is 19.4. The van der Waals surface area contributed by atoms with Gasteiger partial charge in [-0.2, -0.15) is 18.4 Å². The monoisotopic (exact) mass is 372 g/mol. The number of carbonyl (C=O) groups excluding carboxylic acids is 1. The van der Waals surface area contributed by atoms with Crippen LogP contribution in [-0.2, 0) is 15.7 Å². The van der Waals surface area contributed by atoms with Gasteiger partial charge < -0.3 is 14.5 Å². The Balaban J connectivity index is 3.24. The standard InChI is InChI=1S/C17H23F3N4O2/c1-16(2,3)26-14(25)11-24(9-8-23(4)5)15-12(10-21)6-7-13(22-15)17(18,19)20/h6-7H,8-9,11H2,1-5H3. The Labute approximate surface area is 151 Å². The molecule has 0 radical (unpaired) electrons. The molecule has 0 saturated carbocycles. The molecule has 144 valence electrons. The van der Waals surface area contributed by atoms with Gasteiger partial charge in [0.05, 0.1) is 5.56 Å². The highest BCUT2D eigenvalue weighted by Crippen LogP contribution is 2.30. The lowest BCUT2D eigenvalue weighted by Crippen LogP contribution is -2.39. The molecule has 1 aromatic rings. The van der Waals surface area contributed by atoms with Gasteiger partial charge in [-0.15, -0.1) is 0 Å². The van der Waals surface area contributed by atoms with E-state index in [2.05, 4.69) is 4.98 Å². The molecular formula is C17H23F3N4O2. The van der Waals surface area contributed by atoms with Crippen molar-refractivity contribution >= 4 is 11.8 Å². The van der Waals surface area contributed by atoms with Crippen molar-refractivity contribution in [2.45, 2.75) is 32.5 Å². The van der Waals surface area contributed by atoms with Crippen LogP contribution >= 0.6 is 0 Å². The van der Waals surface area contributed by atoms with Gasteiger partial charge in [-0.05, 0) is 47.0 Å². The van der Waals surface area contributed by atoms with Crippen molar-refractivity contribution in [1.82, 2.24) is 9.88 Å². The van der Waals surface area contributed by atoms with Crippen LogP contribution in [0.25, 0.3) is 0 Å². The van der Waals surface area contributed by atoms with Gasteiger partial charge in [0.1, 0.15) is 29.7 Å². The highest BCUT2D eigenvalue weighted by molar-refractivity contribution is 5.76. The van der Waals surface area contributed by atoms with Gasteiger partial charge in [0, 0.05) is 13.1 Å². The van der Waals surface area contributed by atoms with Crippen LogP contribution in [0.4, 0.5) is 19.0 Å². The van der Waals surface area contributed by atoms with E-state index in [0.717, 1.165) is 12.1 Å². The molecule has 0 aliphatic carbocycles. The van der Waals surface area contributed by atoms with Gasteiger partial charge in [0.15, 0.2) is 0 Å². The molecule has 0 amide bonds. The summed E-state index contributed by atoms with van der Waals surface area (Å²) in [5.41, 5.74) is -1.89. The predicted molar refractivity (Wildman–Crippen MR) is 90.6 cm³/mol. The second-order valence-corrected chi connectivity index (χ2v) is 6.99. The topological polar surface area (TPSA) is 69.5 Å². The zero-order valence-corrected chi connectivity index (χ0v) is 15.5. The van der Waals surface area contributed by atoms with E-state index in [9.17, 15) is 23.2 Å². The van der Waals surface area contributed by atoms with Crippen molar-refractivity contribution in [1.29, 1.82) is 5.26 Å². The maximum Gasteiger partial charge on any atom is 0.433 e. The lowest BCUT2D eigenvalue weighted by atomic mass is 10.2. The SMILES string of the molecule is CN(C)CCN(CC(=O)OC(C)(C)C)c1nc(C(F)(F)F)ccc1C#N. The largest absolute Gasteiger partial charge is 0.459 e. The molecule has 26 heavy (non-hydrogen) atoms. The number of nitrogens with zero attached hydrogens (tertiary/aromatic N) is 4. The van der Waals surface area contributed by atoms with E-state index in [1.807, 2.05) is 11.0 Å². The number of carbonyl (C=O) groups is 1. The first-order chi connectivity index (χ1) is 11.8. The van der Waals surface area contributed by atoms with Crippen LogP contribution in [0.15, 0.2) is 12.1 Å². The van der Waals surface area contributed by atoms with Crippen LogP contribution in [0.1, 0.15) is 32.0 Å². The number of alkyl halides is 3. The number of aromatic nitrogens is 1. The zero-order chi connectivity index (χ0) is 20.1. The van der Waals surface area contributed by atoms with Gasteiger partial charge in [-0.3, -0.25) is 4.79 Å². The molecule has 1 heterocycles. The molecule has 0 N–H and O–H groups in total. The number of nitriles is 1. The lowest BCUT2D eigenvalue weighted by molar-refractivity contribution is -0.153. The van der Waals surface area contributed by atoms with Crippen molar-refractivity contribution in [2.24, 2.45) is 0 Å². The molecule has 0 atom stereocenters. The summed E-state index contributed by atoms with van der Waals surface area (Å²) in [6, 6.07) is 3.63. The first-order valence-electron chi connectivity index (χ1n) is 7.93. The minimum atomic E-state index is -4.65. The third-order valence-electron chi connectivity index (χ3n) is 3.14.